The summed E-state index contributed by atoms with van der Waals surface area (Å²) in [5.41, 5.74) is 0.943. The Morgan fingerprint density at radius 1 is 0.735 bits per heavy atom. The van der Waals surface area contributed by atoms with Crippen molar-refractivity contribution >= 4 is 0 Å². The van der Waals surface area contributed by atoms with Gasteiger partial charge in [-0.15, -0.1) is 0 Å². The molecule has 1 nitrogen and oxygen atoms in total. The molecule has 0 amide bonds. The third kappa shape index (κ3) is 7.23. The Labute approximate surface area is 209 Å². The van der Waals surface area contributed by atoms with Crippen molar-refractivity contribution in [3.8, 4) is 5.75 Å². The quantitative estimate of drug-likeness (QED) is 0.292. The fourth-order valence-electron chi connectivity index (χ4n) is 7.57. The number of hydrogen-bond acceptors (Lipinski definition) is 1. The Morgan fingerprint density at radius 2 is 1.38 bits per heavy atom. The van der Waals surface area contributed by atoms with Crippen molar-refractivity contribution in [2.24, 2.45) is 29.6 Å². The van der Waals surface area contributed by atoms with Crippen LogP contribution >= 0.6 is 0 Å². The Morgan fingerprint density at radius 3 is 2.12 bits per heavy atom. The highest BCUT2D eigenvalue weighted by Crippen LogP contribution is 2.49. The molecular formula is C32H51FO. The average molecular weight is 471 g/mol. The molecule has 0 spiro atoms. The first kappa shape index (κ1) is 26.0. The summed E-state index contributed by atoms with van der Waals surface area (Å²) in [5, 5.41) is 0. The molecule has 0 bridgehead atoms. The number of benzene rings is 1. The van der Waals surface area contributed by atoms with Crippen molar-refractivity contribution in [2.75, 3.05) is 6.61 Å². The van der Waals surface area contributed by atoms with Gasteiger partial charge in [-0.1, -0.05) is 90.5 Å². The standard InChI is InChI=1S/C32H51FO/c1-3-5-7-24-8-10-25(11-9-24)12-13-26-14-15-28-22-29(17-16-27(28)21-26)31-19-18-30(23-32(31)33)34-20-6-4-2/h18-19,23-29H,3-17,20-22H2,1-2H3. The van der Waals surface area contributed by atoms with E-state index in [1.807, 2.05) is 12.1 Å². The Hall–Kier alpha value is -1.05. The molecule has 2 heteroatoms. The van der Waals surface area contributed by atoms with E-state index in [4.69, 9.17) is 4.74 Å². The van der Waals surface area contributed by atoms with Crippen LogP contribution in [0.4, 0.5) is 4.39 Å². The van der Waals surface area contributed by atoms with Crippen LogP contribution in [0, 0.1) is 35.4 Å². The van der Waals surface area contributed by atoms with E-state index in [0.717, 1.165) is 48.0 Å². The lowest BCUT2D eigenvalue weighted by Gasteiger charge is -2.43. The Balaban J connectivity index is 1.19. The molecule has 3 fully saturated rings. The summed E-state index contributed by atoms with van der Waals surface area (Å²) in [4.78, 5) is 0. The maximum Gasteiger partial charge on any atom is 0.130 e. The molecule has 1 aromatic rings. The van der Waals surface area contributed by atoms with Crippen molar-refractivity contribution in [2.45, 2.75) is 129 Å². The van der Waals surface area contributed by atoms with Gasteiger partial charge >= 0.3 is 0 Å². The molecule has 3 aliphatic rings. The topological polar surface area (TPSA) is 9.23 Å². The van der Waals surface area contributed by atoms with Gasteiger partial charge in [0.15, 0.2) is 0 Å². The summed E-state index contributed by atoms with van der Waals surface area (Å²) < 4.78 is 20.6. The summed E-state index contributed by atoms with van der Waals surface area (Å²) in [6.45, 7) is 5.16. The number of halogens is 1. The second-order valence-electron chi connectivity index (χ2n) is 12.2. The number of rotatable bonds is 11. The molecule has 4 rings (SSSR count). The normalized spacial score (nSPS) is 31.7. The van der Waals surface area contributed by atoms with Crippen LogP contribution in [0.3, 0.4) is 0 Å². The fraction of sp³-hybridized carbons (Fsp3) is 0.812. The van der Waals surface area contributed by atoms with Gasteiger partial charge in [-0.3, -0.25) is 0 Å². The number of fused-ring (bicyclic) bond motifs is 1. The molecule has 0 N–H and O–H groups in total. The summed E-state index contributed by atoms with van der Waals surface area (Å²) >= 11 is 0. The van der Waals surface area contributed by atoms with Gasteiger partial charge in [-0.2, -0.15) is 0 Å². The molecule has 0 aromatic heterocycles. The van der Waals surface area contributed by atoms with Gasteiger partial charge in [0.25, 0.3) is 0 Å². The van der Waals surface area contributed by atoms with E-state index in [2.05, 4.69) is 13.8 Å². The molecule has 0 radical (unpaired) electrons. The van der Waals surface area contributed by atoms with Crippen molar-refractivity contribution in [1.82, 2.24) is 0 Å². The lowest BCUT2D eigenvalue weighted by atomic mass is 9.63. The smallest absolute Gasteiger partial charge is 0.130 e. The highest BCUT2D eigenvalue weighted by atomic mass is 19.1. The zero-order chi connectivity index (χ0) is 23.8. The van der Waals surface area contributed by atoms with Gasteiger partial charge in [-0.05, 0) is 85.7 Å². The van der Waals surface area contributed by atoms with Crippen molar-refractivity contribution in [3.63, 3.8) is 0 Å². The van der Waals surface area contributed by atoms with Crippen LogP contribution in [0.15, 0.2) is 18.2 Å². The molecular weight excluding hydrogens is 419 g/mol. The van der Waals surface area contributed by atoms with Crippen molar-refractivity contribution < 1.29 is 9.13 Å². The molecule has 34 heavy (non-hydrogen) atoms. The van der Waals surface area contributed by atoms with E-state index in [1.54, 1.807) is 6.07 Å². The molecule has 192 valence electrons. The van der Waals surface area contributed by atoms with Crippen LogP contribution in [-0.4, -0.2) is 6.61 Å². The first-order valence-corrected chi connectivity index (χ1v) is 15.1. The van der Waals surface area contributed by atoms with Crippen LogP contribution in [0.5, 0.6) is 5.75 Å². The molecule has 1 aromatic carbocycles. The molecule has 3 aliphatic carbocycles. The van der Waals surface area contributed by atoms with Gasteiger partial charge in [-0.25, -0.2) is 4.39 Å². The second kappa shape index (κ2) is 13.3. The number of unbranched alkanes of at least 4 members (excludes halogenated alkanes) is 2. The maximum atomic E-state index is 14.9. The zero-order valence-corrected chi connectivity index (χ0v) is 22.2. The minimum absolute atomic E-state index is 0.0458. The van der Waals surface area contributed by atoms with Gasteiger partial charge in [0.05, 0.1) is 6.61 Å². The highest BCUT2D eigenvalue weighted by Gasteiger charge is 2.36. The predicted molar refractivity (Wildman–Crippen MR) is 142 cm³/mol. The third-order valence-electron chi connectivity index (χ3n) is 9.82. The van der Waals surface area contributed by atoms with Gasteiger partial charge in [0.1, 0.15) is 11.6 Å². The van der Waals surface area contributed by atoms with E-state index in [1.165, 1.54) is 96.3 Å². The fourth-order valence-corrected chi connectivity index (χ4v) is 7.57. The molecule has 3 saturated carbocycles. The number of hydrogen-bond donors (Lipinski definition) is 0. The average Bonchev–Trinajstić information content (AvgIpc) is 2.87. The third-order valence-corrected chi connectivity index (χ3v) is 9.82. The Kier molecular flexibility index (Phi) is 10.2. The van der Waals surface area contributed by atoms with Crippen LogP contribution in [0.25, 0.3) is 0 Å². The molecule has 0 aliphatic heterocycles. The van der Waals surface area contributed by atoms with E-state index in [-0.39, 0.29) is 5.82 Å². The minimum atomic E-state index is -0.0458. The largest absolute Gasteiger partial charge is 0.493 e. The lowest BCUT2D eigenvalue weighted by molar-refractivity contribution is 0.108. The van der Waals surface area contributed by atoms with Gasteiger partial charge in [0.2, 0.25) is 0 Å². The van der Waals surface area contributed by atoms with E-state index in [9.17, 15) is 4.39 Å². The van der Waals surface area contributed by atoms with Crippen molar-refractivity contribution in [3.05, 3.63) is 29.6 Å². The predicted octanol–water partition coefficient (Wildman–Crippen LogP) is 10.1. The molecule has 0 heterocycles. The van der Waals surface area contributed by atoms with E-state index < -0.39 is 0 Å². The van der Waals surface area contributed by atoms with Crippen LogP contribution in [-0.2, 0) is 0 Å². The second-order valence-corrected chi connectivity index (χ2v) is 12.2. The van der Waals surface area contributed by atoms with E-state index >= 15 is 0 Å². The molecule has 4 atom stereocenters. The maximum absolute atomic E-state index is 14.9. The molecule has 0 saturated heterocycles. The summed E-state index contributed by atoms with van der Waals surface area (Å²) in [6.07, 6.45) is 23.3. The first-order chi connectivity index (χ1) is 16.7. The lowest BCUT2D eigenvalue weighted by Crippen LogP contribution is -2.31. The Bertz CT molecular complexity index is 722. The highest BCUT2D eigenvalue weighted by molar-refractivity contribution is 5.31. The minimum Gasteiger partial charge on any atom is -0.493 e. The zero-order valence-electron chi connectivity index (χ0n) is 22.2. The summed E-state index contributed by atoms with van der Waals surface area (Å²) in [6, 6.07) is 5.64. The number of ether oxygens (including phenoxy) is 1. The van der Waals surface area contributed by atoms with E-state index in [0.29, 0.717) is 18.3 Å². The van der Waals surface area contributed by atoms with Gasteiger partial charge in [0, 0.05) is 6.07 Å². The molecule has 4 unspecified atom stereocenters. The first-order valence-electron chi connectivity index (χ1n) is 15.1. The van der Waals surface area contributed by atoms with Crippen LogP contribution in [0.1, 0.15) is 134 Å². The van der Waals surface area contributed by atoms with Crippen molar-refractivity contribution in [1.29, 1.82) is 0 Å². The summed E-state index contributed by atoms with van der Waals surface area (Å²) in [7, 11) is 0. The van der Waals surface area contributed by atoms with Crippen LogP contribution < -0.4 is 4.74 Å². The van der Waals surface area contributed by atoms with Crippen LogP contribution in [0.2, 0.25) is 0 Å². The SMILES string of the molecule is CCCCOc1ccc(C2CCC3CC(CCC4CCC(CCCC)CC4)CCC3C2)c(F)c1. The monoisotopic (exact) mass is 470 g/mol. The summed E-state index contributed by atoms with van der Waals surface area (Å²) in [5.74, 6) is 5.80. The van der Waals surface area contributed by atoms with Gasteiger partial charge < -0.3 is 4.74 Å².